The molecule has 5 rings (SSSR count). The van der Waals surface area contributed by atoms with Crippen LogP contribution in [0.2, 0.25) is 0 Å². The first kappa shape index (κ1) is 19.7. The van der Waals surface area contributed by atoms with Crippen LogP contribution in [0.1, 0.15) is 16.4 Å². The normalized spacial score (nSPS) is 15.2. The quantitative estimate of drug-likeness (QED) is 0.463. The maximum atomic E-state index is 5.41. The van der Waals surface area contributed by atoms with Crippen molar-refractivity contribution < 1.29 is 4.74 Å². The Kier molecular flexibility index (Phi) is 5.64. The van der Waals surface area contributed by atoms with Gasteiger partial charge in [-0.25, -0.2) is 0 Å². The van der Waals surface area contributed by atoms with Crippen LogP contribution in [0.4, 0.5) is 5.69 Å². The number of aromatic nitrogens is 4. The van der Waals surface area contributed by atoms with Gasteiger partial charge >= 0.3 is 0 Å². The number of hydrogen-bond donors (Lipinski definition) is 0. The highest BCUT2D eigenvalue weighted by Gasteiger charge is 2.20. The van der Waals surface area contributed by atoms with E-state index in [2.05, 4.69) is 50.3 Å². The van der Waals surface area contributed by atoms with E-state index in [1.165, 1.54) is 17.0 Å². The molecule has 1 aliphatic rings. The van der Waals surface area contributed by atoms with Crippen LogP contribution in [0.3, 0.4) is 0 Å². The van der Waals surface area contributed by atoms with Gasteiger partial charge < -0.3 is 9.64 Å². The molecule has 1 fully saturated rings. The number of anilines is 1. The van der Waals surface area contributed by atoms with Gasteiger partial charge in [0.1, 0.15) is 10.8 Å². The summed E-state index contributed by atoms with van der Waals surface area (Å²) < 4.78 is 7.28. The summed E-state index contributed by atoms with van der Waals surface area (Å²) in [6.07, 6.45) is 4.02. The molecule has 0 spiro atoms. The molecule has 0 N–H and O–H groups in total. The van der Waals surface area contributed by atoms with E-state index in [-0.39, 0.29) is 0 Å². The smallest absolute Gasteiger partial charge is 0.235 e. The van der Waals surface area contributed by atoms with Crippen LogP contribution in [-0.2, 0) is 6.54 Å². The van der Waals surface area contributed by atoms with E-state index in [1.807, 2.05) is 40.9 Å². The third-order valence-corrected chi connectivity index (χ3v) is 6.34. The van der Waals surface area contributed by atoms with Crippen LogP contribution in [0.25, 0.3) is 17.1 Å². The Morgan fingerprint density at radius 1 is 0.935 bits per heavy atom. The van der Waals surface area contributed by atoms with Crippen molar-refractivity contribution in [1.29, 1.82) is 0 Å². The number of piperazine rings is 1. The second-order valence-corrected chi connectivity index (χ2v) is 8.41. The highest BCUT2D eigenvalue weighted by Crippen LogP contribution is 2.22. The molecule has 0 saturated carbocycles. The summed E-state index contributed by atoms with van der Waals surface area (Å²) in [7, 11) is 1.68. The summed E-state index contributed by atoms with van der Waals surface area (Å²) in [6.45, 7) is 4.76. The molecule has 7 nitrogen and oxygen atoms in total. The molecule has 8 heteroatoms. The van der Waals surface area contributed by atoms with E-state index < -0.39 is 0 Å². The number of rotatable bonds is 6. The number of para-hydroxylation sites is 2. The van der Waals surface area contributed by atoms with E-state index in [0.29, 0.717) is 0 Å². The second kappa shape index (κ2) is 8.87. The van der Waals surface area contributed by atoms with Crippen molar-refractivity contribution in [2.75, 3.05) is 38.2 Å². The lowest BCUT2D eigenvalue weighted by Gasteiger charge is -2.35. The fourth-order valence-corrected chi connectivity index (χ4v) is 4.57. The Morgan fingerprint density at radius 2 is 1.71 bits per heavy atom. The monoisotopic (exact) mass is 432 g/mol. The Bertz CT molecular complexity index is 1180. The zero-order valence-corrected chi connectivity index (χ0v) is 18.2. The topological polar surface area (TPSA) is 58.8 Å². The molecule has 0 unspecified atom stereocenters. The molecule has 2 aromatic carbocycles. The van der Waals surface area contributed by atoms with E-state index in [1.54, 1.807) is 7.11 Å². The number of fused-ring (bicyclic) bond motifs is 1. The predicted molar refractivity (Wildman–Crippen MR) is 125 cm³/mol. The second-order valence-electron chi connectivity index (χ2n) is 7.42. The van der Waals surface area contributed by atoms with Crippen molar-refractivity contribution in [3.8, 4) is 5.75 Å². The van der Waals surface area contributed by atoms with Crippen molar-refractivity contribution in [3.05, 3.63) is 71.0 Å². The molecular formula is C23H24N6OS. The first-order chi connectivity index (χ1) is 15.3. The summed E-state index contributed by atoms with van der Waals surface area (Å²) in [4.78, 5) is 5.66. The average molecular weight is 433 g/mol. The Balaban J connectivity index is 1.26. The van der Waals surface area contributed by atoms with Gasteiger partial charge in [-0.05, 0) is 30.4 Å². The molecule has 4 aromatic rings. The predicted octanol–water partition coefficient (Wildman–Crippen LogP) is 3.69. The molecule has 0 radical (unpaired) electrons. The van der Waals surface area contributed by atoms with Crippen LogP contribution in [0.15, 0.2) is 54.6 Å². The van der Waals surface area contributed by atoms with Crippen LogP contribution < -0.4 is 9.64 Å². The van der Waals surface area contributed by atoms with Crippen LogP contribution in [0.5, 0.6) is 5.75 Å². The van der Waals surface area contributed by atoms with Gasteiger partial charge in [-0.15, -0.1) is 10.2 Å². The van der Waals surface area contributed by atoms with Gasteiger partial charge in [0.05, 0.1) is 13.7 Å². The van der Waals surface area contributed by atoms with E-state index in [0.717, 1.165) is 59.8 Å². The highest BCUT2D eigenvalue weighted by atomic mass is 32.1. The largest absolute Gasteiger partial charge is 0.496 e. The number of ether oxygens (including phenoxy) is 1. The molecule has 1 saturated heterocycles. The Morgan fingerprint density at radius 3 is 2.52 bits per heavy atom. The maximum absolute atomic E-state index is 5.41. The van der Waals surface area contributed by atoms with Crippen LogP contribution in [-0.4, -0.2) is 58.0 Å². The van der Waals surface area contributed by atoms with Gasteiger partial charge in [0.15, 0.2) is 5.82 Å². The lowest BCUT2D eigenvalue weighted by Crippen LogP contribution is -2.46. The molecule has 0 amide bonds. The maximum Gasteiger partial charge on any atom is 0.235 e. The molecular weight excluding hydrogens is 408 g/mol. The standard InChI is InChI=1S/C23H24N6OS/c1-30-20-10-6-5-7-18(20)11-12-22-26-29-21(24-25-23(29)31-22)17-27-13-15-28(16-14-27)19-8-3-2-4-9-19/h2-12H,13-17H2,1H3. The first-order valence-corrected chi connectivity index (χ1v) is 11.2. The van der Waals surface area contributed by atoms with Crippen molar-refractivity contribution in [2.45, 2.75) is 6.54 Å². The first-order valence-electron chi connectivity index (χ1n) is 10.3. The lowest BCUT2D eigenvalue weighted by molar-refractivity contribution is 0.242. The van der Waals surface area contributed by atoms with Gasteiger partial charge in [0.2, 0.25) is 4.96 Å². The number of methoxy groups -OCH3 is 1. The molecule has 1 aliphatic heterocycles. The summed E-state index contributed by atoms with van der Waals surface area (Å²) in [5, 5.41) is 14.3. The van der Waals surface area contributed by atoms with Gasteiger partial charge in [-0.2, -0.15) is 9.61 Å². The molecule has 2 aromatic heterocycles. The van der Waals surface area contributed by atoms with Gasteiger partial charge in [0.25, 0.3) is 0 Å². The SMILES string of the molecule is COc1ccccc1C=Cc1nn2c(CN3CCN(c4ccccc4)CC3)nnc2s1. The van der Waals surface area contributed by atoms with Crippen molar-refractivity contribution in [3.63, 3.8) is 0 Å². The van der Waals surface area contributed by atoms with Crippen molar-refractivity contribution in [2.24, 2.45) is 0 Å². The van der Waals surface area contributed by atoms with Gasteiger partial charge in [0, 0.05) is 37.4 Å². The fourth-order valence-electron chi connectivity index (χ4n) is 3.81. The summed E-state index contributed by atoms with van der Waals surface area (Å²) in [6, 6.07) is 18.5. The van der Waals surface area contributed by atoms with Crippen LogP contribution in [0, 0.1) is 0 Å². The zero-order chi connectivity index (χ0) is 21.0. The van der Waals surface area contributed by atoms with E-state index in [9.17, 15) is 0 Å². The minimum atomic E-state index is 0.753. The Hall–Kier alpha value is -3.23. The molecule has 0 bridgehead atoms. The number of nitrogens with zero attached hydrogens (tertiary/aromatic N) is 6. The molecule has 31 heavy (non-hydrogen) atoms. The third kappa shape index (κ3) is 4.30. The average Bonchev–Trinajstić information content (AvgIpc) is 3.40. The van der Waals surface area contributed by atoms with Gasteiger partial charge in [-0.1, -0.05) is 47.7 Å². The van der Waals surface area contributed by atoms with Crippen molar-refractivity contribution >= 4 is 34.1 Å². The lowest BCUT2D eigenvalue weighted by atomic mass is 10.2. The Labute approximate surface area is 185 Å². The number of benzene rings is 2. The van der Waals surface area contributed by atoms with Gasteiger partial charge in [-0.3, -0.25) is 4.90 Å². The minimum Gasteiger partial charge on any atom is -0.496 e. The fraction of sp³-hybridized carbons (Fsp3) is 0.261. The summed E-state index contributed by atoms with van der Waals surface area (Å²) >= 11 is 1.53. The molecule has 0 aliphatic carbocycles. The van der Waals surface area contributed by atoms with E-state index >= 15 is 0 Å². The molecule has 158 valence electrons. The van der Waals surface area contributed by atoms with E-state index in [4.69, 9.17) is 9.84 Å². The molecule has 0 atom stereocenters. The highest BCUT2D eigenvalue weighted by molar-refractivity contribution is 7.17. The van der Waals surface area contributed by atoms with Crippen LogP contribution >= 0.6 is 11.3 Å². The number of hydrogen-bond acceptors (Lipinski definition) is 7. The molecule has 3 heterocycles. The minimum absolute atomic E-state index is 0.753. The van der Waals surface area contributed by atoms with Crippen molar-refractivity contribution in [1.82, 2.24) is 24.7 Å². The zero-order valence-electron chi connectivity index (χ0n) is 17.4. The third-order valence-electron chi connectivity index (χ3n) is 5.47. The summed E-state index contributed by atoms with van der Waals surface area (Å²) in [5.74, 6) is 1.73. The summed E-state index contributed by atoms with van der Waals surface area (Å²) in [5.41, 5.74) is 2.31.